The van der Waals surface area contributed by atoms with Gasteiger partial charge in [0.15, 0.2) is 11.0 Å². The van der Waals surface area contributed by atoms with Crippen molar-refractivity contribution < 1.29 is 27.8 Å². The summed E-state index contributed by atoms with van der Waals surface area (Å²) in [7, 11) is 0. The largest absolute Gasteiger partial charge is 0.474 e. The molecule has 0 bridgehead atoms. The zero-order valence-corrected chi connectivity index (χ0v) is 25.2. The lowest BCUT2D eigenvalue weighted by molar-refractivity contribution is 0.00554. The molecule has 5 rings (SSSR count). The molecule has 0 radical (unpaired) electrons. The molecule has 0 aromatic carbocycles. The van der Waals surface area contributed by atoms with Gasteiger partial charge in [-0.05, 0) is 54.0 Å². The van der Waals surface area contributed by atoms with E-state index >= 15 is 4.39 Å². The highest BCUT2D eigenvalue weighted by Gasteiger charge is 2.49. The number of carbonyl (C=O) groups excluding carboxylic acids is 1. The molecule has 1 unspecified atom stereocenters. The van der Waals surface area contributed by atoms with Crippen LogP contribution >= 0.6 is 11.6 Å². The van der Waals surface area contributed by atoms with Crippen LogP contribution in [0.2, 0.25) is 5.15 Å². The molecule has 2 fully saturated rings. The van der Waals surface area contributed by atoms with E-state index in [0.717, 1.165) is 19.4 Å². The van der Waals surface area contributed by atoms with Crippen LogP contribution in [0.4, 0.5) is 19.4 Å². The first kappa shape index (κ1) is 29.8. The van der Waals surface area contributed by atoms with Gasteiger partial charge in [-0.3, -0.25) is 4.90 Å². The van der Waals surface area contributed by atoms with Crippen molar-refractivity contribution >= 4 is 34.4 Å². The number of nitrogens with zero attached hydrogens (tertiary/aromatic N) is 5. The van der Waals surface area contributed by atoms with Crippen LogP contribution in [0.1, 0.15) is 60.8 Å². The molecule has 2 aromatic heterocycles. The second-order valence-electron chi connectivity index (χ2n) is 12.5. The minimum atomic E-state index is -0.912. The monoisotopic (exact) mass is 596 g/mol. The molecular weight excluding hydrogens is 558 g/mol. The zero-order chi connectivity index (χ0) is 29.7. The third kappa shape index (κ3) is 5.95. The van der Waals surface area contributed by atoms with Crippen molar-refractivity contribution in [1.82, 2.24) is 24.8 Å². The number of hydrogen-bond donors (Lipinski definition) is 1. The van der Waals surface area contributed by atoms with Crippen molar-refractivity contribution in [3.05, 3.63) is 11.0 Å². The Labute approximate surface area is 244 Å². The SMILES string of the molecule is CC1[C@H](C)Oc2nc(Cl)c(F)c3nc(OC[C@@]45CCCN4C[C@H](F)C5)nc(c23)NCCN(C(=O)OC(C)(C)C)[C@H]1C. The lowest BCUT2D eigenvalue weighted by Crippen LogP contribution is -2.49. The Hall–Kier alpha value is -2.73. The Kier molecular flexibility index (Phi) is 8.10. The number of hydrogen-bond acceptors (Lipinski definition) is 9. The van der Waals surface area contributed by atoms with Crippen LogP contribution in [0.25, 0.3) is 10.9 Å². The molecule has 41 heavy (non-hydrogen) atoms. The highest BCUT2D eigenvalue weighted by molar-refractivity contribution is 6.30. The maximum atomic E-state index is 15.4. The lowest BCUT2D eigenvalue weighted by Gasteiger charge is -2.36. The van der Waals surface area contributed by atoms with Gasteiger partial charge in [0.1, 0.15) is 41.2 Å². The number of fused-ring (bicyclic) bond motifs is 1. The van der Waals surface area contributed by atoms with Gasteiger partial charge in [0.25, 0.3) is 0 Å². The van der Waals surface area contributed by atoms with Crippen LogP contribution in [0.3, 0.4) is 0 Å². The van der Waals surface area contributed by atoms with Crippen molar-refractivity contribution in [3.63, 3.8) is 0 Å². The first-order chi connectivity index (χ1) is 19.3. The summed E-state index contributed by atoms with van der Waals surface area (Å²) >= 11 is 6.20. The zero-order valence-electron chi connectivity index (χ0n) is 24.5. The summed E-state index contributed by atoms with van der Waals surface area (Å²) in [6.07, 6.45) is 0.337. The smallest absolute Gasteiger partial charge is 0.410 e. The average molecular weight is 597 g/mol. The second-order valence-corrected chi connectivity index (χ2v) is 12.8. The Bertz CT molecular complexity index is 1310. The number of nitrogens with one attached hydrogen (secondary N) is 1. The van der Waals surface area contributed by atoms with Gasteiger partial charge >= 0.3 is 12.1 Å². The molecule has 2 saturated heterocycles. The molecule has 0 spiro atoms. The Balaban J connectivity index is 1.50. The predicted molar refractivity (Wildman–Crippen MR) is 151 cm³/mol. The number of alkyl halides is 1. The molecule has 5 atom stereocenters. The summed E-state index contributed by atoms with van der Waals surface area (Å²) in [5, 5.41) is 3.04. The number of carbonyl (C=O) groups is 1. The summed E-state index contributed by atoms with van der Waals surface area (Å²) in [5.41, 5.74) is -1.20. The number of amides is 1. The van der Waals surface area contributed by atoms with Gasteiger partial charge in [0, 0.05) is 38.0 Å². The molecular formula is C28H39ClF2N6O4. The van der Waals surface area contributed by atoms with Crippen LogP contribution in [-0.4, -0.2) is 93.1 Å². The van der Waals surface area contributed by atoms with E-state index in [-0.39, 0.29) is 60.3 Å². The van der Waals surface area contributed by atoms with Gasteiger partial charge in [-0.1, -0.05) is 18.5 Å². The van der Waals surface area contributed by atoms with Gasteiger partial charge < -0.3 is 24.4 Å². The molecule has 3 aliphatic heterocycles. The fraction of sp³-hybridized carbons (Fsp3) is 0.714. The van der Waals surface area contributed by atoms with Crippen LogP contribution < -0.4 is 14.8 Å². The van der Waals surface area contributed by atoms with E-state index in [1.54, 1.807) is 4.90 Å². The molecule has 10 nitrogen and oxygen atoms in total. The summed E-state index contributed by atoms with van der Waals surface area (Å²) in [4.78, 5) is 30.1. The van der Waals surface area contributed by atoms with E-state index in [9.17, 15) is 9.18 Å². The molecule has 13 heteroatoms. The average Bonchev–Trinajstić information content (AvgIpc) is 3.41. The minimum Gasteiger partial charge on any atom is -0.474 e. The summed E-state index contributed by atoms with van der Waals surface area (Å²) in [6, 6.07) is -0.331. The van der Waals surface area contributed by atoms with Crippen LogP contribution in [0, 0.1) is 11.7 Å². The number of pyridine rings is 1. The first-order valence-corrected chi connectivity index (χ1v) is 14.6. The quantitative estimate of drug-likeness (QED) is 0.477. The van der Waals surface area contributed by atoms with Crippen LogP contribution in [0.5, 0.6) is 11.9 Å². The fourth-order valence-electron chi connectivity index (χ4n) is 6.05. The summed E-state index contributed by atoms with van der Waals surface area (Å²) in [5.74, 6) is -0.673. The molecule has 3 aliphatic rings. The molecule has 0 aliphatic carbocycles. The topological polar surface area (TPSA) is 102 Å². The standard InChI is InChI=1S/C28H39ClF2N6O4/c1-15-16(2)37(26(38)41-27(4,5)6)11-9-32-23-19-21(20(31)22(29)34-24(19)40-17(15)3)33-25(35-23)39-14-28-8-7-10-36(28)13-18(30)12-28/h15-18H,7-14H2,1-6H3,(H,32,33,35)/t15?,16-,17-,18+,28-/m0/s1. The van der Waals surface area contributed by atoms with Gasteiger partial charge in [-0.15, -0.1) is 0 Å². The highest BCUT2D eigenvalue weighted by atomic mass is 35.5. The van der Waals surface area contributed by atoms with E-state index in [4.69, 9.17) is 25.8 Å². The summed E-state index contributed by atoms with van der Waals surface area (Å²) < 4.78 is 47.7. The van der Waals surface area contributed by atoms with Crippen molar-refractivity contribution in [3.8, 4) is 11.9 Å². The fourth-order valence-corrected chi connectivity index (χ4v) is 6.22. The first-order valence-electron chi connectivity index (χ1n) is 14.3. The number of halogens is 3. The number of aromatic nitrogens is 3. The Morgan fingerprint density at radius 2 is 1.98 bits per heavy atom. The second kappa shape index (κ2) is 11.2. The van der Waals surface area contributed by atoms with Crippen LogP contribution in [0.15, 0.2) is 0 Å². The van der Waals surface area contributed by atoms with Crippen molar-refractivity contribution in [2.45, 2.75) is 90.3 Å². The van der Waals surface area contributed by atoms with Gasteiger partial charge in [0.05, 0.1) is 5.54 Å². The minimum absolute atomic E-state index is 0.0655. The van der Waals surface area contributed by atoms with Crippen molar-refractivity contribution in [1.29, 1.82) is 0 Å². The van der Waals surface area contributed by atoms with Crippen molar-refractivity contribution in [2.24, 2.45) is 5.92 Å². The van der Waals surface area contributed by atoms with E-state index in [2.05, 4.69) is 25.2 Å². The molecule has 5 heterocycles. The van der Waals surface area contributed by atoms with Gasteiger partial charge in [-0.2, -0.15) is 15.0 Å². The third-order valence-corrected chi connectivity index (χ3v) is 8.74. The Morgan fingerprint density at radius 1 is 1.22 bits per heavy atom. The summed E-state index contributed by atoms with van der Waals surface area (Å²) in [6.45, 7) is 13.1. The molecule has 2 aromatic rings. The van der Waals surface area contributed by atoms with E-state index in [0.29, 0.717) is 13.0 Å². The van der Waals surface area contributed by atoms with Crippen molar-refractivity contribution in [2.75, 3.05) is 38.1 Å². The molecule has 1 N–H and O–H groups in total. The maximum Gasteiger partial charge on any atom is 0.410 e. The van der Waals surface area contributed by atoms with Gasteiger partial charge in [-0.25, -0.2) is 13.6 Å². The Morgan fingerprint density at radius 3 is 2.71 bits per heavy atom. The molecule has 226 valence electrons. The number of rotatable bonds is 3. The third-order valence-electron chi connectivity index (χ3n) is 8.49. The van der Waals surface area contributed by atoms with E-state index < -0.39 is 40.5 Å². The normalized spacial score (nSPS) is 29.0. The number of ether oxygens (including phenoxy) is 3. The van der Waals surface area contributed by atoms with E-state index in [1.807, 2.05) is 41.5 Å². The van der Waals surface area contributed by atoms with Gasteiger partial charge in [0.2, 0.25) is 5.88 Å². The predicted octanol–water partition coefficient (Wildman–Crippen LogP) is 5.23. The van der Waals surface area contributed by atoms with E-state index in [1.165, 1.54) is 0 Å². The molecule has 0 saturated carbocycles. The number of anilines is 1. The molecule has 1 amide bonds. The van der Waals surface area contributed by atoms with Crippen LogP contribution in [-0.2, 0) is 4.74 Å². The maximum absolute atomic E-state index is 15.4. The highest BCUT2D eigenvalue weighted by Crippen LogP contribution is 2.41. The lowest BCUT2D eigenvalue weighted by atomic mass is 9.95.